The molecular formula is C24H37N3O4. The van der Waals surface area contributed by atoms with Gasteiger partial charge in [-0.15, -0.1) is 0 Å². The number of nitrogens with zero attached hydrogens (tertiary/aromatic N) is 3. The number of likely N-dealkylation sites (tertiary alicyclic amines) is 1. The van der Waals surface area contributed by atoms with Crippen LogP contribution < -0.4 is 9.47 Å². The molecule has 2 aliphatic heterocycles. The molecule has 1 aromatic rings. The summed E-state index contributed by atoms with van der Waals surface area (Å²) in [5.74, 6) is 2.04. The van der Waals surface area contributed by atoms with Crippen LogP contribution in [0.3, 0.4) is 0 Å². The second-order valence-corrected chi connectivity index (χ2v) is 8.91. The van der Waals surface area contributed by atoms with Crippen LogP contribution in [0.1, 0.15) is 49.9 Å². The van der Waals surface area contributed by atoms with Crippen LogP contribution in [-0.2, 0) is 4.79 Å². The van der Waals surface area contributed by atoms with E-state index in [1.165, 1.54) is 6.42 Å². The fourth-order valence-electron chi connectivity index (χ4n) is 4.05. The molecule has 0 unspecified atom stereocenters. The summed E-state index contributed by atoms with van der Waals surface area (Å²) in [5.41, 5.74) is 0.603. The predicted octanol–water partition coefficient (Wildman–Crippen LogP) is 2.89. The van der Waals surface area contributed by atoms with Gasteiger partial charge in [0.1, 0.15) is 0 Å². The highest BCUT2D eigenvalue weighted by Crippen LogP contribution is 2.29. The van der Waals surface area contributed by atoms with Crippen molar-refractivity contribution in [2.45, 2.75) is 39.5 Å². The van der Waals surface area contributed by atoms with E-state index in [0.29, 0.717) is 49.2 Å². The molecule has 0 saturated carbocycles. The van der Waals surface area contributed by atoms with Crippen molar-refractivity contribution in [3.63, 3.8) is 0 Å². The minimum absolute atomic E-state index is 0.00552. The van der Waals surface area contributed by atoms with Crippen molar-refractivity contribution in [3.8, 4) is 11.5 Å². The van der Waals surface area contributed by atoms with Gasteiger partial charge in [0.2, 0.25) is 5.91 Å². The molecule has 0 N–H and O–H groups in total. The Morgan fingerprint density at radius 2 is 1.65 bits per heavy atom. The monoisotopic (exact) mass is 431 g/mol. The molecule has 7 nitrogen and oxygen atoms in total. The first-order chi connectivity index (χ1) is 15.0. The highest BCUT2D eigenvalue weighted by Gasteiger charge is 2.26. The van der Waals surface area contributed by atoms with Gasteiger partial charge in [0.05, 0.1) is 20.3 Å². The lowest BCUT2D eigenvalue weighted by atomic mass is 10.1. The zero-order chi connectivity index (χ0) is 22.2. The van der Waals surface area contributed by atoms with Gasteiger partial charge in [-0.25, -0.2) is 0 Å². The van der Waals surface area contributed by atoms with Crippen LogP contribution in [0, 0.1) is 5.92 Å². The molecule has 7 heteroatoms. The summed E-state index contributed by atoms with van der Waals surface area (Å²) in [6.45, 7) is 9.86. The third-order valence-electron chi connectivity index (χ3n) is 6.09. The Morgan fingerprint density at radius 3 is 2.29 bits per heavy atom. The van der Waals surface area contributed by atoms with E-state index in [0.717, 1.165) is 45.4 Å². The van der Waals surface area contributed by atoms with Crippen LogP contribution in [-0.4, -0.2) is 86.0 Å². The molecule has 1 aromatic carbocycles. The Hall–Kier alpha value is -2.28. The van der Waals surface area contributed by atoms with Crippen molar-refractivity contribution in [3.05, 3.63) is 23.8 Å². The predicted molar refractivity (Wildman–Crippen MR) is 121 cm³/mol. The van der Waals surface area contributed by atoms with Crippen LogP contribution in [0.4, 0.5) is 0 Å². The summed E-state index contributed by atoms with van der Waals surface area (Å²) in [4.78, 5) is 31.5. The van der Waals surface area contributed by atoms with E-state index in [-0.39, 0.29) is 11.8 Å². The van der Waals surface area contributed by atoms with E-state index in [4.69, 9.17) is 9.47 Å². The second-order valence-electron chi connectivity index (χ2n) is 8.91. The van der Waals surface area contributed by atoms with Gasteiger partial charge in [0.25, 0.3) is 5.91 Å². The molecule has 0 aliphatic carbocycles. The molecule has 3 rings (SSSR count). The van der Waals surface area contributed by atoms with Crippen molar-refractivity contribution in [1.29, 1.82) is 0 Å². The van der Waals surface area contributed by atoms with Gasteiger partial charge in [0, 0.05) is 44.8 Å². The maximum atomic E-state index is 13.0. The zero-order valence-corrected chi connectivity index (χ0v) is 19.3. The molecule has 2 heterocycles. The summed E-state index contributed by atoms with van der Waals surface area (Å²) in [6, 6.07) is 5.39. The van der Waals surface area contributed by atoms with Crippen LogP contribution in [0.25, 0.3) is 0 Å². The second kappa shape index (κ2) is 11.4. The van der Waals surface area contributed by atoms with Crippen molar-refractivity contribution in [1.82, 2.24) is 14.7 Å². The molecule has 0 atom stereocenters. The molecular weight excluding hydrogens is 394 g/mol. The van der Waals surface area contributed by atoms with Crippen molar-refractivity contribution in [2.75, 3.05) is 59.5 Å². The first kappa shape index (κ1) is 23.4. The first-order valence-corrected chi connectivity index (χ1v) is 11.6. The molecule has 2 amide bonds. The van der Waals surface area contributed by atoms with E-state index in [1.54, 1.807) is 13.2 Å². The third-order valence-corrected chi connectivity index (χ3v) is 6.09. The number of ether oxygens (including phenoxy) is 2. The topological polar surface area (TPSA) is 62.3 Å². The zero-order valence-electron chi connectivity index (χ0n) is 19.3. The molecule has 172 valence electrons. The molecule has 0 aromatic heterocycles. The van der Waals surface area contributed by atoms with Crippen molar-refractivity contribution >= 4 is 11.8 Å². The minimum atomic E-state index is -0.00552. The molecule has 2 aliphatic rings. The Morgan fingerprint density at radius 1 is 0.935 bits per heavy atom. The number of hydrogen-bond acceptors (Lipinski definition) is 5. The number of piperidine rings is 1. The maximum Gasteiger partial charge on any atom is 0.254 e. The van der Waals surface area contributed by atoms with Crippen molar-refractivity contribution < 1.29 is 19.1 Å². The van der Waals surface area contributed by atoms with Gasteiger partial charge in [-0.05, 0) is 49.8 Å². The van der Waals surface area contributed by atoms with Gasteiger partial charge in [-0.2, -0.15) is 0 Å². The van der Waals surface area contributed by atoms with Crippen LogP contribution in [0.5, 0.6) is 11.5 Å². The average molecular weight is 432 g/mol. The number of amides is 2. The fourth-order valence-corrected chi connectivity index (χ4v) is 4.05. The number of carbonyl (C=O) groups excluding carboxylic acids is 2. The van der Waals surface area contributed by atoms with E-state index in [9.17, 15) is 9.59 Å². The van der Waals surface area contributed by atoms with E-state index >= 15 is 0 Å². The van der Waals surface area contributed by atoms with Crippen molar-refractivity contribution in [2.24, 2.45) is 5.92 Å². The third kappa shape index (κ3) is 6.60. The Kier molecular flexibility index (Phi) is 8.58. The Balaban J connectivity index is 1.51. The van der Waals surface area contributed by atoms with Gasteiger partial charge < -0.3 is 19.3 Å². The number of rotatable bonds is 8. The average Bonchev–Trinajstić information content (AvgIpc) is 2.79. The number of hydrogen-bond donors (Lipinski definition) is 0. The molecule has 0 bridgehead atoms. The van der Waals surface area contributed by atoms with Gasteiger partial charge >= 0.3 is 0 Å². The van der Waals surface area contributed by atoms with E-state index in [1.807, 2.05) is 21.9 Å². The van der Waals surface area contributed by atoms with Gasteiger partial charge in [-0.3, -0.25) is 14.5 Å². The fraction of sp³-hybridized carbons (Fsp3) is 0.667. The van der Waals surface area contributed by atoms with Crippen LogP contribution in [0.2, 0.25) is 0 Å². The quantitative estimate of drug-likeness (QED) is 0.633. The first-order valence-electron chi connectivity index (χ1n) is 11.6. The Labute approximate surface area is 186 Å². The minimum Gasteiger partial charge on any atom is -0.493 e. The highest BCUT2D eigenvalue weighted by molar-refractivity contribution is 5.95. The summed E-state index contributed by atoms with van der Waals surface area (Å²) < 4.78 is 11.3. The lowest BCUT2D eigenvalue weighted by Crippen LogP contribution is -2.52. The van der Waals surface area contributed by atoms with Crippen LogP contribution >= 0.6 is 0 Å². The molecule has 0 spiro atoms. The molecule has 31 heavy (non-hydrogen) atoms. The molecule has 2 fully saturated rings. The number of methoxy groups -OCH3 is 1. The Bertz CT molecular complexity index is 738. The van der Waals surface area contributed by atoms with E-state index in [2.05, 4.69) is 18.7 Å². The summed E-state index contributed by atoms with van der Waals surface area (Å²) in [7, 11) is 1.59. The maximum absolute atomic E-state index is 13.0. The summed E-state index contributed by atoms with van der Waals surface area (Å²) in [6.07, 6.45) is 4.41. The number of benzene rings is 1. The molecule has 2 saturated heterocycles. The van der Waals surface area contributed by atoms with Gasteiger partial charge in [-0.1, -0.05) is 13.8 Å². The summed E-state index contributed by atoms with van der Waals surface area (Å²) >= 11 is 0. The van der Waals surface area contributed by atoms with Crippen LogP contribution in [0.15, 0.2) is 18.2 Å². The molecule has 0 radical (unpaired) electrons. The smallest absolute Gasteiger partial charge is 0.254 e. The number of piperazine rings is 1. The number of carbonyl (C=O) groups is 2. The van der Waals surface area contributed by atoms with Gasteiger partial charge in [0.15, 0.2) is 11.5 Å². The highest BCUT2D eigenvalue weighted by atomic mass is 16.5. The normalized spacial score (nSPS) is 17.7. The largest absolute Gasteiger partial charge is 0.493 e. The van der Waals surface area contributed by atoms with E-state index < -0.39 is 0 Å². The lowest BCUT2D eigenvalue weighted by Gasteiger charge is -2.36. The summed E-state index contributed by atoms with van der Waals surface area (Å²) in [5, 5.41) is 0. The SMILES string of the molecule is COc1cc(C(=O)N2CCN(CC(=O)N3CCCCC3)CC2)ccc1OCCC(C)C. The lowest BCUT2D eigenvalue weighted by molar-refractivity contribution is -0.133. The standard InChI is InChI=1S/C24H37N3O4/c1-19(2)9-16-31-21-8-7-20(17-22(21)30-3)24(29)27-14-12-25(13-15-27)18-23(28)26-10-5-4-6-11-26/h7-8,17,19H,4-6,9-16,18H2,1-3H3.